The number of fused-ring (bicyclic) bond motifs is 1. The second kappa shape index (κ2) is 8.48. The van der Waals surface area contributed by atoms with Gasteiger partial charge in [-0.1, -0.05) is 36.4 Å². The maximum absolute atomic E-state index is 12.7. The summed E-state index contributed by atoms with van der Waals surface area (Å²) in [5.41, 5.74) is 3.71. The molecule has 1 aromatic heterocycles. The number of carbonyl (C=O) groups is 1. The quantitative estimate of drug-likeness (QED) is 0.615. The van der Waals surface area contributed by atoms with Gasteiger partial charge in [0.05, 0.1) is 0 Å². The highest BCUT2D eigenvalue weighted by Crippen LogP contribution is 2.32. The summed E-state index contributed by atoms with van der Waals surface area (Å²) in [6.45, 7) is 4.57. The van der Waals surface area contributed by atoms with Crippen molar-refractivity contribution >= 4 is 16.8 Å². The van der Waals surface area contributed by atoms with Gasteiger partial charge in [0, 0.05) is 17.4 Å². The molecule has 0 aliphatic carbocycles. The fraction of sp³-hybridized carbons (Fsp3) is 0.348. The molecule has 0 saturated carbocycles. The highest BCUT2D eigenvalue weighted by atomic mass is 16.5. The van der Waals surface area contributed by atoms with E-state index in [1.807, 2.05) is 43.3 Å². The first-order valence-electron chi connectivity index (χ1n) is 10.0. The number of hydrogen-bond donors (Lipinski definition) is 3. The number of aromatic amines is 1. The maximum Gasteiger partial charge on any atom is 0.268 e. The van der Waals surface area contributed by atoms with Gasteiger partial charge in [0.2, 0.25) is 0 Å². The number of carbonyl (C=O) groups excluding carboxylic acids is 1. The van der Waals surface area contributed by atoms with Crippen LogP contribution in [-0.2, 0) is 6.42 Å². The van der Waals surface area contributed by atoms with Crippen LogP contribution in [0.1, 0.15) is 34.5 Å². The van der Waals surface area contributed by atoms with Crippen LogP contribution in [0.3, 0.4) is 0 Å². The first-order chi connectivity index (χ1) is 13.7. The molecular weight excluding hydrogens is 350 g/mol. The van der Waals surface area contributed by atoms with Gasteiger partial charge in [-0.05, 0) is 62.5 Å². The second-order valence-corrected chi connectivity index (χ2v) is 7.36. The van der Waals surface area contributed by atoms with Crippen LogP contribution < -0.4 is 15.4 Å². The van der Waals surface area contributed by atoms with Crippen molar-refractivity contribution in [2.75, 3.05) is 19.6 Å². The molecule has 1 fully saturated rings. The van der Waals surface area contributed by atoms with Crippen molar-refractivity contribution in [3.8, 4) is 5.75 Å². The normalized spacial score (nSPS) is 14.9. The third kappa shape index (κ3) is 4.04. The molecule has 0 atom stereocenters. The number of aromatic nitrogens is 1. The van der Waals surface area contributed by atoms with Crippen molar-refractivity contribution in [1.29, 1.82) is 0 Å². The number of ether oxygens (including phenoxy) is 1. The zero-order valence-corrected chi connectivity index (χ0v) is 16.3. The Hall–Kier alpha value is -2.79. The summed E-state index contributed by atoms with van der Waals surface area (Å²) in [7, 11) is 0. The predicted molar refractivity (Wildman–Crippen MR) is 112 cm³/mol. The summed E-state index contributed by atoms with van der Waals surface area (Å²) in [5.74, 6) is 0.791. The number of aryl methyl sites for hydroxylation is 1. The van der Waals surface area contributed by atoms with E-state index in [2.05, 4.69) is 27.8 Å². The maximum atomic E-state index is 12.7. The van der Waals surface area contributed by atoms with E-state index in [1.165, 1.54) is 5.56 Å². The van der Waals surface area contributed by atoms with Crippen LogP contribution in [0.2, 0.25) is 0 Å². The van der Waals surface area contributed by atoms with Crippen molar-refractivity contribution in [3.63, 3.8) is 0 Å². The predicted octanol–water partition coefficient (Wildman–Crippen LogP) is 3.58. The van der Waals surface area contributed by atoms with E-state index in [0.717, 1.165) is 54.6 Å². The highest BCUT2D eigenvalue weighted by Gasteiger charge is 2.20. The molecule has 3 N–H and O–H groups in total. The van der Waals surface area contributed by atoms with Gasteiger partial charge < -0.3 is 20.4 Å². The third-order valence-corrected chi connectivity index (χ3v) is 5.38. The summed E-state index contributed by atoms with van der Waals surface area (Å²) in [4.78, 5) is 16.0. The number of amides is 1. The summed E-state index contributed by atoms with van der Waals surface area (Å²) < 4.78 is 6.29. The minimum absolute atomic E-state index is 0.0718. The van der Waals surface area contributed by atoms with Crippen LogP contribution in [0, 0.1) is 6.92 Å². The Morgan fingerprint density at radius 3 is 2.68 bits per heavy atom. The summed E-state index contributed by atoms with van der Waals surface area (Å²) in [6.07, 6.45) is 3.05. The smallest absolute Gasteiger partial charge is 0.268 e. The lowest BCUT2D eigenvalue weighted by Crippen LogP contribution is -2.34. The Bertz CT molecular complexity index is 943. The molecule has 1 amide bonds. The summed E-state index contributed by atoms with van der Waals surface area (Å²) in [6, 6.07) is 16.2. The molecule has 2 aromatic carbocycles. The van der Waals surface area contributed by atoms with E-state index < -0.39 is 0 Å². The monoisotopic (exact) mass is 377 g/mol. The van der Waals surface area contributed by atoms with Crippen molar-refractivity contribution in [2.45, 2.75) is 32.3 Å². The van der Waals surface area contributed by atoms with Gasteiger partial charge in [-0.2, -0.15) is 0 Å². The molecule has 5 nitrogen and oxygen atoms in total. The minimum atomic E-state index is -0.0718. The van der Waals surface area contributed by atoms with Gasteiger partial charge in [0.1, 0.15) is 17.5 Å². The molecule has 0 unspecified atom stereocenters. The number of benzene rings is 2. The lowest BCUT2D eigenvalue weighted by atomic mass is 10.1. The van der Waals surface area contributed by atoms with Gasteiger partial charge in [-0.3, -0.25) is 4.79 Å². The Kier molecular flexibility index (Phi) is 5.63. The van der Waals surface area contributed by atoms with Crippen molar-refractivity contribution in [1.82, 2.24) is 15.6 Å². The van der Waals surface area contributed by atoms with Crippen LogP contribution >= 0.6 is 0 Å². The van der Waals surface area contributed by atoms with E-state index in [4.69, 9.17) is 4.74 Å². The molecule has 0 bridgehead atoms. The van der Waals surface area contributed by atoms with Crippen LogP contribution in [-0.4, -0.2) is 36.6 Å². The number of H-pyrrole nitrogens is 1. The lowest BCUT2D eigenvalue weighted by molar-refractivity contribution is 0.0949. The van der Waals surface area contributed by atoms with E-state index in [9.17, 15) is 4.79 Å². The third-order valence-electron chi connectivity index (χ3n) is 5.38. The van der Waals surface area contributed by atoms with E-state index in [0.29, 0.717) is 12.2 Å². The van der Waals surface area contributed by atoms with Gasteiger partial charge >= 0.3 is 0 Å². The first kappa shape index (κ1) is 18.6. The van der Waals surface area contributed by atoms with Gasteiger partial charge in [0.15, 0.2) is 0 Å². The van der Waals surface area contributed by atoms with Gasteiger partial charge in [-0.25, -0.2) is 0 Å². The molecule has 1 aliphatic heterocycles. The van der Waals surface area contributed by atoms with E-state index >= 15 is 0 Å². The van der Waals surface area contributed by atoms with E-state index in [-0.39, 0.29) is 12.0 Å². The zero-order valence-electron chi connectivity index (χ0n) is 16.3. The molecule has 146 valence electrons. The first-order valence-corrected chi connectivity index (χ1v) is 10.0. The molecule has 2 heterocycles. The average molecular weight is 377 g/mol. The molecule has 0 spiro atoms. The second-order valence-electron chi connectivity index (χ2n) is 7.36. The molecule has 1 saturated heterocycles. The topological polar surface area (TPSA) is 66.2 Å². The molecule has 3 aromatic rings. The lowest BCUT2D eigenvalue weighted by Gasteiger charge is -2.24. The van der Waals surface area contributed by atoms with Crippen molar-refractivity contribution in [2.24, 2.45) is 0 Å². The van der Waals surface area contributed by atoms with Crippen LogP contribution in [0.5, 0.6) is 5.75 Å². The number of nitrogens with one attached hydrogen (secondary N) is 3. The van der Waals surface area contributed by atoms with E-state index in [1.54, 1.807) is 0 Å². The molecule has 5 heteroatoms. The van der Waals surface area contributed by atoms with Gasteiger partial charge in [0.25, 0.3) is 5.91 Å². The standard InChI is InChI=1S/C23H27N3O2/c1-16-21-19(8-5-9-20(21)28-18-11-13-24-14-12-18)26-22(16)23(27)25-15-10-17-6-3-2-4-7-17/h2-9,18,24,26H,10-15H2,1H3,(H,25,27). The zero-order chi connectivity index (χ0) is 19.3. The Morgan fingerprint density at radius 1 is 1.11 bits per heavy atom. The number of rotatable bonds is 6. The number of hydrogen-bond acceptors (Lipinski definition) is 3. The molecular formula is C23H27N3O2. The Balaban J connectivity index is 1.48. The molecule has 1 aliphatic rings. The van der Waals surface area contributed by atoms with Crippen LogP contribution in [0.4, 0.5) is 0 Å². The molecule has 28 heavy (non-hydrogen) atoms. The Labute approximate surface area is 165 Å². The molecule has 0 radical (unpaired) electrons. The van der Waals surface area contributed by atoms with Crippen LogP contribution in [0.15, 0.2) is 48.5 Å². The minimum Gasteiger partial charge on any atom is -0.490 e. The number of piperidine rings is 1. The fourth-order valence-electron chi connectivity index (χ4n) is 3.85. The van der Waals surface area contributed by atoms with Gasteiger partial charge in [-0.15, -0.1) is 0 Å². The van der Waals surface area contributed by atoms with Crippen molar-refractivity contribution < 1.29 is 9.53 Å². The highest BCUT2D eigenvalue weighted by molar-refractivity contribution is 6.02. The average Bonchev–Trinajstić information content (AvgIpc) is 3.07. The summed E-state index contributed by atoms with van der Waals surface area (Å²) in [5, 5.41) is 7.40. The summed E-state index contributed by atoms with van der Waals surface area (Å²) >= 11 is 0. The Morgan fingerprint density at radius 2 is 1.89 bits per heavy atom. The largest absolute Gasteiger partial charge is 0.490 e. The van der Waals surface area contributed by atoms with Crippen molar-refractivity contribution in [3.05, 3.63) is 65.4 Å². The van der Waals surface area contributed by atoms with Crippen LogP contribution in [0.25, 0.3) is 10.9 Å². The fourth-order valence-corrected chi connectivity index (χ4v) is 3.85. The molecule has 4 rings (SSSR count). The SMILES string of the molecule is Cc1c(C(=O)NCCc2ccccc2)[nH]c2cccc(OC3CCNCC3)c12.